The zero-order chi connectivity index (χ0) is 17.5. The summed E-state index contributed by atoms with van der Waals surface area (Å²) in [6.07, 6.45) is 3.25. The smallest absolute Gasteiger partial charge is 0.250 e. The summed E-state index contributed by atoms with van der Waals surface area (Å²) in [7, 11) is 0. The van der Waals surface area contributed by atoms with Crippen LogP contribution < -0.4 is 5.32 Å². The Labute approximate surface area is 162 Å². The minimum absolute atomic E-state index is 0.219. The number of carbonyl (C=O) groups is 1. The van der Waals surface area contributed by atoms with Crippen molar-refractivity contribution in [2.75, 3.05) is 5.32 Å². The van der Waals surface area contributed by atoms with E-state index in [4.69, 9.17) is 0 Å². The summed E-state index contributed by atoms with van der Waals surface area (Å²) in [6.45, 7) is 0. The molecule has 0 aliphatic heterocycles. The molecule has 0 radical (unpaired) electrons. The molecule has 1 amide bonds. The van der Waals surface area contributed by atoms with E-state index in [9.17, 15) is 4.79 Å². The highest BCUT2D eigenvalue weighted by Crippen LogP contribution is 2.28. The van der Waals surface area contributed by atoms with Crippen molar-refractivity contribution in [1.82, 2.24) is 10.2 Å². The summed E-state index contributed by atoms with van der Waals surface area (Å²) < 4.78 is 1.88. The fourth-order valence-electron chi connectivity index (χ4n) is 1.97. The summed E-state index contributed by atoms with van der Waals surface area (Å²) in [5.74, 6) is 0.583. The minimum atomic E-state index is -0.219. The first-order valence-corrected chi connectivity index (χ1v) is 10.0. The van der Waals surface area contributed by atoms with Crippen LogP contribution in [0.25, 0.3) is 6.08 Å². The van der Waals surface area contributed by atoms with Crippen LogP contribution >= 0.6 is 39.0 Å². The first-order valence-electron chi connectivity index (χ1n) is 7.44. The molecule has 0 unspecified atom stereocenters. The molecule has 2 aromatic carbocycles. The van der Waals surface area contributed by atoms with Gasteiger partial charge in [0.2, 0.25) is 11.0 Å². The fourth-order valence-corrected chi connectivity index (χ4v) is 4.12. The molecule has 1 heterocycles. The monoisotopic (exact) mass is 431 g/mol. The molecule has 126 valence electrons. The lowest BCUT2D eigenvalue weighted by atomic mass is 10.2. The van der Waals surface area contributed by atoms with Gasteiger partial charge in [0.05, 0.1) is 0 Å². The summed E-state index contributed by atoms with van der Waals surface area (Å²) in [5.41, 5.74) is 2.17. The maximum absolute atomic E-state index is 11.9. The molecule has 0 aliphatic carbocycles. The van der Waals surface area contributed by atoms with Crippen LogP contribution in [-0.4, -0.2) is 16.1 Å². The van der Waals surface area contributed by atoms with Crippen LogP contribution in [0.4, 0.5) is 5.13 Å². The molecule has 0 spiro atoms. The summed E-state index contributed by atoms with van der Waals surface area (Å²) >= 11 is 6.43. The number of hydrogen-bond donors (Lipinski definition) is 1. The number of halogens is 1. The second kappa shape index (κ2) is 8.94. The summed E-state index contributed by atoms with van der Waals surface area (Å²) in [6, 6.07) is 17.8. The number of benzene rings is 2. The van der Waals surface area contributed by atoms with E-state index in [-0.39, 0.29) is 5.91 Å². The van der Waals surface area contributed by atoms with Gasteiger partial charge in [0.15, 0.2) is 4.34 Å². The second-order valence-corrected chi connectivity index (χ2v) is 8.14. The average Bonchev–Trinajstić information content (AvgIpc) is 3.06. The second-order valence-electron chi connectivity index (χ2n) is 5.02. The molecular formula is C18H14BrN3OS2. The van der Waals surface area contributed by atoms with E-state index < -0.39 is 0 Å². The molecule has 0 saturated heterocycles. The highest BCUT2D eigenvalue weighted by atomic mass is 79.9. The van der Waals surface area contributed by atoms with Gasteiger partial charge >= 0.3 is 0 Å². The highest BCUT2D eigenvalue weighted by molar-refractivity contribution is 9.10. The van der Waals surface area contributed by atoms with Crippen LogP contribution in [0.5, 0.6) is 0 Å². The van der Waals surface area contributed by atoms with E-state index in [1.165, 1.54) is 23.0 Å². The third-order valence-electron chi connectivity index (χ3n) is 3.11. The molecule has 0 fully saturated rings. The van der Waals surface area contributed by atoms with Crippen molar-refractivity contribution in [2.24, 2.45) is 0 Å². The standard InChI is InChI=1S/C18H14BrN3OS2/c19-15-8-4-7-14(11-15)12-24-18-22-21-17(25-18)20-16(23)10-9-13-5-2-1-3-6-13/h1-11H,12H2,(H,20,21,23)/b10-9+. The zero-order valence-corrected chi connectivity index (χ0v) is 16.3. The van der Waals surface area contributed by atoms with Gasteiger partial charge in [-0.1, -0.05) is 81.5 Å². The van der Waals surface area contributed by atoms with Crippen LogP contribution in [0.1, 0.15) is 11.1 Å². The Morgan fingerprint density at radius 1 is 1.16 bits per heavy atom. The molecule has 1 aromatic heterocycles. The van der Waals surface area contributed by atoms with E-state index >= 15 is 0 Å². The van der Waals surface area contributed by atoms with Gasteiger partial charge in [-0.05, 0) is 29.3 Å². The van der Waals surface area contributed by atoms with E-state index in [0.717, 1.165) is 20.1 Å². The number of aromatic nitrogens is 2. The Bertz CT molecular complexity index is 881. The minimum Gasteiger partial charge on any atom is -0.297 e. The molecule has 0 aliphatic rings. The van der Waals surface area contributed by atoms with E-state index in [2.05, 4.69) is 43.6 Å². The van der Waals surface area contributed by atoms with Gasteiger partial charge in [-0.3, -0.25) is 10.1 Å². The maximum atomic E-state index is 11.9. The molecule has 1 N–H and O–H groups in total. The molecule has 3 aromatic rings. The number of carbonyl (C=O) groups excluding carboxylic acids is 1. The quantitative estimate of drug-likeness (QED) is 0.329. The largest absolute Gasteiger partial charge is 0.297 e. The molecule has 0 saturated carbocycles. The number of amides is 1. The Morgan fingerprint density at radius 3 is 2.80 bits per heavy atom. The molecule has 0 bridgehead atoms. The number of hydrogen-bond acceptors (Lipinski definition) is 5. The number of anilines is 1. The van der Waals surface area contributed by atoms with Crippen LogP contribution in [-0.2, 0) is 10.5 Å². The summed E-state index contributed by atoms with van der Waals surface area (Å²) in [4.78, 5) is 11.9. The van der Waals surface area contributed by atoms with Gasteiger partial charge < -0.3 is 0 Å². The van der Waals surface area contributed by atoms with Gasteiger partial charge in [-0.2, -0.15) is 0 Å². The van der Waals surface area contributed by atoms with Crippen molar-refractivity contribution < 1.29 is 4.79 Å². The predicted molar refractivity (Wildman–Crippen MR) is 108 cm³/mol. The lowest BCUT2D eigenvalue weighted by Crippen LogP contribution is -2.07. The van der Waals surface area contributed by atoms with Crippen molar-refractivity contribution in [3.63, 3.8) is 0 Å². The Kier molecular flexibility index (Phi) is 6.38. The molecule has 25 heavy (non-hydrogen) atoms. The molecule has 4 nitrogen and oxygen atoms in total. The number of nitrogens with one attached hydrogen (secondary N) is 1. The first-order chi connectivity index (χ1) is 12.2. The zero-order valence-electron chi connectivity index (χ0n) is 13.1. The van der Waals surface area contributed by atoms with E-state index in [1.54, 1.807) is 17.8 Å². The molecule has 7 heteroatoms. The number of rotatable bonds is 6. The Morgan fingerprint density at radius 2 is 2.00 bits per heavy atom. The van der Waals surface area contributed by atoms with Crippen molar-refractivity contribution in [2.45, 2.75) is 10.1 Å². The molecule has 0 atom stereocenters. The first kappa shape index (κ1) is 17.8. The van der Waals surface area contributed by atoms with E-state index in [1.807, 2.05) is 42.5 Å². The fraction of sp³-hybridized carbons (Fsp3) is 0.0556. The number of nitrogens with zero attached hydrogens (tertiary/aromatic N) is 2. The Balaban J connectivity index is 1.52. The Hall–Kier alpha value is -1.96. The lowest BCUT2D eigenvalue weighted by molar-refractivity contribution is -0.111. The third kappa shape index (κ3) is 5.81. The van der Waals surface area contributed by atoms with Gasteiger partial charge in [0, 0.05) is 16.3 Å². The summed E-state index contributed by atoms with van der Waals surface area (Å²) in [5, 5.41) is 11.4. The van der Waals surface area contributed by atoms with Crippen molar-refractivity contribution in [3.05, 3.63) is 76.3 Å². The SMILES string of the molecule is O=C(/C=C/c1ccccc1)Nc1nnc(SCc2cccc(Br)c2)s1. The third-order valence-corrected chi connectivity index (χ3v) is 5.65. The number of thioether (sulfide) groups is 1. The topological polar surface area (TPSA) is 54.9 Å². The predicted octanol–water partition coefficient (Wildman–Crippen LogP) is 5.24. The van der Waals surface area contributed by atoms with Crippen molar-refractivity contribution >= 4 is 56.1 Å². The normalized spacial score (nSPS) is 10.9. The van der Waals surface area contributed by atoms with Crippen LogP contribution in [0, 0.1) is 0 Å². The van der Waals surface area contributed by atoms with Crippen LogP contribution in [0.15, 0.2) is 69.5 Å². The van der Waals surface area contributed by atoms with Gasteiger partial charge in [0.25, 0.3) is 0 Å². The van der Waals surface area contributed by atoms with Crippen LogP contribution in [0.3, 0.4) is 0 Å². The van der Waals surface area contributed by atoms with Gasteiger partial charge in [-0.25, -0.2) is 0 Å². The van der Waals surface area contributed by atoms with Gasteiger partial charge in [0.1, 0.15) is 0 Å². The maximum Gasteiger partial charge on any atom is 0.250 e. The highest BCUT2D eigenvalue weighted by Gasteiger charge is 2.07. The average molecular weight is 432 g/mol. The van der Waals surface area contributed by atoms with Gasteiger partial charge in [-0.15, -0.1) is 10.2 Å². The lowest BCUT2D eigenvalue weighted by Gasteiger charge is -1.99. The van der Waals surface area contributed by atoms with Crippen molar-refractivity contribution in [3.8, 4) is 0 Å². The van der Waals surface area contributed by atoms with Crippen molar-refractivity contribution in [1.29, 1.82) is 0 Å². The molecule has 3 rings (SSSR count). The van der Waals surface area contributed by atoms with E-state index in [0.29, 0.717) is 5.13 Å². The van der Waals surface area contributed by atoms with Crippen LogP contribution in [0.2, 0.25) is 0 Å². The molecular weight excluding hydrogens is 418 g/mol.